The lowest BCUT2D eigenvalue weighted by atomic mass is 10.1. The van der Waals surface area contributed by atoms with E-state index in [-0.39, 0.29) is 18.1 Å². The summed E-state index contributed by atoms with van der Waals surface area (Å²) < 4.78 is 2.71. The number of carbonyl (C=O) groups is 1. The molecule has 8 nitrogen and oxygen atoms in total. The first-order valence-electron chi connectivity index (χ1n) is 9.66. The minimum absolute atomic E-state index is 0.143. The van der Waals surface area contributed by atoms with E-state index in [4.69, 9.17) is 0 Å². The molecule has 0 atom stereocenters. The van der Waals surface area contributed by atoms with E-state index < -0.39 is 0 Å². The molecule has 2 aromatic heterocycles. The van der Waals surface area contributed by atoms with Crippen molar-refractivity contribution in [2.45, 2.75) is 39.7 Å². The number of hydrogen-bond donors (Lipinski definition) is 1. The van der Waals surface area contributed by atoms with Crippen LogP contribution in [-0.2, 0) is 17.8 Å². The molecular formula is C20H24N6O2. The second-order valence-electron chi connectivity index (χ2n) is 7.13. The predicted octanol–water partition coefficient (Wildman–Crippen LogP) is 2.00. The molecule has 0 radical (unpaired) electrons. The molecule has 3 aromatic rings. The normalized spacial score (nSPS) is 14.0. The number of carbonyl (C=O) groups excluding carboxylic acids is 1. The molecule has 1 saturated heterocycles. The number of amides is 1. The van der Waals surface area contributed by atoms with E-state index in [2.05, 4.69) is 27.2 Å². The third-order valence-electron chi connectivity index (χ3n) is 4.98. The minimum atomic E-state index is -0.346. The van der Waals surface area contributed by atoms with Gasteiger partial charge in [-0.3, -0.25) is 4.79 Å². The van der Waals surface area contributed by atoms with Crippen molar-refractivity contribution in [1.82, 2.24) is 19.2 Å². The highest BCUT2D eigenvalue weighted by Crippen LogP contribution is 2.18. The lowest BCUT2D eigenvalue weighted by Gasteiger charge is -2.17. The number of hydrogen-bond acceptors (Lipinski definition) is 5. The summed E-state index contributed by atoms with van der Waals surface area (Å²) in [6.07, 6.45) is 3.06. The summed E-state index contributed by atoms with van der Waals surface area (Å²) in [5.41, 5.74) is 2.82. The summed E-state index contributed by atoms with van der Waals surface area (Å²) >= 11 is 0. The first-order chi connectivity index (χ1) is 13.5. The van der Waals surface area contributed by atoms with Gasteiger partial charge in [-0.15, -0.1) is 5.10 Å². The monoisotopic (exact) mass is 380 g/mol. The number of aromatic nitrogens is 4. The number of anilines is 2. The van der Waals surface area contributed by atoms with Gasteiger partial charge in [0.2, 0.25) is 11.9 Å². The standard InChI is InChI=1S/C20H24N6O2/c1-3-15-7-6-8-16(12-15)22-18(27)13-25-20(28)26-17(23-25)11-14(2)21-19(26)24-9-4-5-10-24/h6-8,11-12H,3-5,9-10,13H2,1-2H3,(H,22,27). The van der Waals surface area contributed by atoms with Gasteiger partial charge < -0.3 is 10.2 Å². The Morgan fingerprint density at radius 2 is 2.00 bits per heavy atom. The molecule has 0 aliphatic carbocycles. The van der Waals surface area contributed by atoms with E-state index in [0.29, 0.717) is 11.6 Å². The van der Waals surface area contributed by atoms with Gasteiger partial charge in [0.05, 0.1) is 0 Å². The SMILES string of the molecule is CCc1cccc(NC(=O)Cn2nc3cc(C)nc(N4CCCC4)n3c2=O)c1. The number of nitrogens with one attached hydrogen (secondary N) is 1. The van der Waals surface area contributed by atoms with E-state index in [1.807, 2.05) is 31.2 Å². The summed E-state index contributed by atoms with van der Waals surface area (Å²) in [5.74, 6) is 0.325. The van der Waals surface area contributed by atoms with Crippen LogP contribution in [-0.4, -0.2) is 38.2 Å². The third kappa shape index (κ3) is 3.49. The average molecular weight is 380 g/mol. The number of aryl methyl sites for hydroxylation is 2. The summed E-state index contributed by atoms with van der Waals surface area (Å²) in [7, 11) is 0. The van der Waals surface area contributed by atoms with Crippen molar-refractivity contribution < 1.29 is 4.79 Å². The van der Waals surface area contributed by atoms with E-state index in [1.54, 1.807) is 6.07 Å². The first kappa shape index (κ1) is 18.2. The summed E-state index contributed by atoms with van der Waals surface area (Å²) in [4.78, 5) is 32.1. The van der Waals surface area contributed by atoms with Gasteiger partial charge in [0, 0.05) is 30.5 Å². The van der Waals surface area contributed by atoms with Crippen LogP contribution in [0.3, 0.4) is 0 Å². The first-order valence-corrected chi connectivity index (χ1v) is 9.66. The molecule has 1 fully saturated rings. The van der Waals surface area contributed by atoms with Crippen LogP contribution in [0.2, 0.25) is 0 Å². The van der Waals surface area contributed by atoms with Gasteiger partial charge >= 0.3 is 5.69 Å². The number of benzene rings is 1. The average Bonchev–Trinajstić information content (AvgIpc) is 3.30. The van der Waals surface area contributed by atoms with Gasteiger partial charge in [0.1, 0.15) is 6.54 Å². The van der Waals surface area contributed by atoms with Crippen LogP contribution in [0.25, 0.3) is 5.65 Å². The number of rotatable bonds is 5. The minimum Gasteiger partial charge on any atom is -0.342 e. The molecule has 0 saturated carbocycles. The molecular weight excluding hydrogens is 356 g/mol. The van der Waals surface area contributed by atoms with Gasteiger partial charge in [-0.05, 0) is 43.9 Å². The zero-order chi connectivity index (χ0) is 19.7. The van der Waals surface area contributed by atoms with Crippen molar-refractivity contribution in [2.75, 3.05) is 23.3 Å². The molecule has 1 aromatic carbocycles. The van der Waals surface area contributed by atoms with Gasteiger partial charge in [-0.2, -0.15) is 0 Å². The Morgan fingerprint density at radius 3 is 2.75 bits per heavy atom. The Balaban J connectivity index is 1.62. The molecule has 1 amide bonds. The summed E-state index contributed by atoms with van der Waals surface area (Å²) in [6.45, 7) is 5.55. The smallest absolute Gasteiger partial charge is 0.342 e. The van der Waals surface area contributed by atoms with Crippen LogP contribution >= 0.6 is 0 Å². The Labute approximate surface area is 162 Å². The van der Waals surface area contributed by atoms with Gasteiger partial charge in [-0.25, -0.2) is 18.9 Å². The van der Waals surface area contributed by atoms with Crippen molar-refractivity contribution in [1.29, 1.82) is 0 Å². The van der Waals surface area contributed by atoms with Crippen LogP contribution in [0.15, 0.2) is 35.1 Å². The predicted molar refractivity (Wildman–Crippen MR) is 108 cm³/mol. The molecule has 0 unspecified atom stereocenters. The van der Waals surface area contributed by atoms with Gasteiger partial charge in [0.25, 0.3) is 0 Å². The van der Waals surface area contributed by atoms with Crippen LogP contribution in [0, 0.1) is 6.92 Å². The summed E-state index contributed by atoms with van der Waals surface area (Å²) in [5, 5.41) is 7.20. The highest BCUT2D eigenvalue weighted by atomic mass is 16.2. The third-order valence-corrected chi connectivity index (χ3v) is 4.98. The largest absolute Gasteiger partial charge is 0.353 e. The second-order valence-corrected chi connectivity index (χ2v) is 7.13. The Bertz CT molecular complexity index is 1080. The maximum Gasteiger partial charge on any atom is 0.353 e. The van der Waals surface area contributed by atoms with E-state index in [1.165, 1.54) is 9.08 Å². The lowest BCUT2D eigenvalue weighted by Crippen LogP contribution is -2.31. The topological polar surface area (TPSA) is 84.5 Å². The Hall–Kier alpha value is -3.16. The van der Waals surface area contributed by atoms with Crippen molar-refractivity contribution in [2.24, 2.45) is 0 Å². The molecule has 146 valence electrons. The quantitative estimate of drug-likeness (QED) is 0.732. The van der Waals surface area contributed by atoms with Crippen LogP contribution in [0.4, 0.5) is 11.6 Å². The van der Waals surface area contributed by atoms with Gasteiger partial charge in [0.15, 0.2) is 5.65 Å². The maximum atomic E-state index is 12.9. The molecule has 28 heavy (non-hydrogen) atoms. The van der Waals surface area contributed by atoms with E-state index in [9.17, 15) is 9.59 Å². The number of fused-ring (bicyclic) bond motifs is 1. The van der Waals surface area contributed by atoms with Crippen molar-refractivity contribution in [3.63, 3.8) is 0 Å². The van der Waals surface area contributed by atoms with Crippen molar-refractivity contribution in [3.05, 3.63) is 52.1 Å². The zero-order valence-corrected chi connectivity index (χ0v) is 16.2. The maximum absolute atomic E-state index is 12.9. The molecule has 0 spiro atoms. The molecule has 4 rings (SSSR count). The van der Waals surface area contributed by atoms with Crippen molar-refractivity contribution >= 4 is 23.2 Å². The fraction of sp³-hybridized carbons (Fsp3) is 0.400. The van der Waals surface area contributed by atoms with Crippen LogP contribution in [0.5, 0.6) is 0 Å². The highest BCUT2D eigenvalue weighted by Gasteiger charge is 2.21. The molecule has 3 heterocycles. The molecule has 8 heteroatoms. The van der Waals surface area contributed by atoms with E-state index in [0.717, 1.165) is 49.3 Å². The molecule has 1 aliphatic rings. The van der Waals surface area contributed by atoms with Crippen LogP contribution in [0.1, 0.15) is 31.0 Å². The Kier molecular flexibility index (Phi) is 4.85. The van der Waals surface area contributed by atoms with Gasteiger partial charge in [-0.1, -0.05) is 19.1 Å². The fourth-order valence-electron chi connectivity index (χ4n) is 3.57. The summed E-state index contributed by atoms with van der Waals surface area (Å²) in [6, 6.07) is 9.45. The lowest BCUT2D eigenvalue weighted by molar-refractivity contribution is -0.117. The van der Waals surface area contributed by atoms with Crippen LogP contribution < -0.4 is 15.9 Å². The van der Waals surface area contributed by atoms with E-state index >= 15 is 0 Å². The fourth-order valence-corrected chi connectivity index (χ4v) is 3.57. The second kappa shape index (κ2) is 7.46. The molecule has 0 bridgehead atoms. The number of nitrogens with zero attached hydrogens (tertiary/aromatic N) is 5. The van der Waals surface area contributed by atoms with Crippen molar-refractivity contribution in [3.8, 4) is 0 Å². The Morgan fingerprint density at radius 1 is 1.21 bits per heavy atom. The zero-order valence-electron chi connectivity index (χ0n) is 16.2. The molecule has 1 N–H and O–H groups in total. The molecule has 1 aliphatic heterocycles. The highest BCUT2D eigenvalue weighted by molar-refractivity contribution is 5.90.